The number of hydrogen-bond donors (Lipinski definition) is 2. The molecule has 5 nitrogen and oxygen atoms in total. The zero-order chi connectivity index (χ0) is 14.7. The summed E-state index contributed by atoms with van der Waals surface area (Å²) < 4.78 is 0. The number of aliphatic carboxylic acids is 1. The van der Waals surface area contributed by atoms with E-state index in [2.05, 4.69) is 0 Å². The molecule has 0 atom stereocenters. The topological polar surface area (TPSA) is 83.6 Å². The fraction of sp³-hybridized carbons (Fsp3) is 0.857. The third-order valence-electron chi connectivity index (χ3n) is 4.28. The van der Waals surface area contributed by atoms with Crippen molar-refractivity contribution >= 4 is 11.9 Å². The van der Waals surface area contributed by atoms with Gasteiger partial charge in [0.2, 0.25) is 5.91 Å². The van der Waals surface area contributed by atoms with Crippen molar-refractivity contribution in [2.75, 3.05) is 19.6 Å². The Morgan fingerprint density at radius 2 is 1.84 bits per heavy atom. The third-order valence-corrected chi connectivity index (χ3v) is 4.28. The van der Waals surface area contributed by atoms with Gasteiger partial charge in [0.1, 0.15) is 0 Å². The standard InChI is InChI=1S/C14H26N2O3/c1-4-5-14(12(18)19)6-8-16(9-7-14)11(17)13(2,3)10-15/h4-10,15H2,1-3H3,(H,18,19). The number of likely N-dealkylation sites (tertiary alicyclic amines) is 1. The Bertz CT molecular complexity index is 345. The molecule has 1 heterocycles. The first-order valence-corrected chi connectivity index (χ1v) is 7.02. The van der Waals surface area contributed by atoms with Gasteiger partial charge in [-0.2, -0.15) is 0 Å². The number of carboxylic acids is 1. The Morgan fingerprint density at radius 1 is 1.32 bits per heavy atom. The van der Waals surface area contributed by atoms with Crippen molar-refractivity contribution in [3.8, 4) is 0 Å². The summed E-state index contributed by atoms with van der Waals surface area (Å²) in [6.45, 7) is 7.02. The molecule has 19 heavy (non-hydrogen) atoms. The van der Waals surface area contributed by atoms with Gasteiger partial charge in [0.05, 0.1) is 10.8 Å². The lowest BCUT2D eigenvalue weighted by Gasteiger charge is -2.41. The average Bonchev–Trinajstić information content (AvgIpc) is 2.39. The van der Waals surface area contributed by atoms with Crippen LogP contribution in [0.4, 0.5) is 0 Å². The SMILES string of the molecule is CCCC1(C(=O)O)CCN(C(=O)C(C)(C)CN)CC1. The highest BCUT2D eigenvalue weighted by molar-refractivity contribution is 5.83. The molecule has 5 heteroatoms. The highest BCUT2D eigenvalue weighted by Crippen LogP contribution is 2.37. The van der Waals surface area contributed by atoms with Gasteiger partial charge in [0.15, 0.2) is 0 Å². The maximum Gasteiger partial charge on any atom is 0.309 e. The van der Waals surface area contributed by atoms with Crippen molar-refractivity contribution in [2.24, 2.45) is 16.6 Å². The largest absolute Gasteiger partial charge is 0.481 e. The average molecular weight is 270 g/mol. The van der Waals surface area contributed by atoms with E-state index in [1.807, 2.05) is 20.8 Å². The van der Waals surface area contributed by atoms with Crippen molar-refractivity contribution in [3.05, 3.63) is 0 Å². The molecule has 0 saturated carbocycles. The minimum atomic E-state index is -0.723. The van der Waals surface area contributed by atoms with Gasteiger partial charge >= 0.3 is 5.97 Å². The fourth-order valence-electron chi connectivity index (χ4n) is 2.70. The van der Waals surface area contributed by atoms with E-state index >= 15 is 0 Å². The summed E-state index contributed by atoms with van der Waals surface area (Å²) in [7, 11) is 0. The highest BCUT2D eigenvalue weighted by atomic mass is 16.4. The second-order valence-electron chi connectivity index (χ2n) is 6.22. The number of nitrogens with zero attached hydrogens (tertiary/aromatic N) is 1. The van der Waals surface area contributed by atoms with Crippen molar-refractivity contribution in [3.63, 3.8) is 0 Å². The Balaban J connectivity index is 2.71. The molecule has 1 aliphatic rings. The van der Waals surface area contributed by atoms with Crippen LogP contribution in [-0.4, -0.2) is 41.5 Å². The molecule has 1 fully saturated rings. The van der Waals surface area contributed by atoms with E-state index in [4.69, 9.17) is 5.73 Å². The molecule has 0 bridgehead atoms. The number of carbonyl (C=O) groups excluding carboxylic acids is 1. The molecule has 1 amide bonds. The Morgan fingerprint density at radius 3 is 2.21 bits per heavy atom. The second-order valence-corrected chi connectivity index (χ2v) is 6.22. The number of carboxylic acid groups (broad SMARTS) is 1. The normalized spacial score (nSPS) is 19.3. The van der Waals surface area contributed by atoms with Gasteiger partial charge in [-0.15, -0.1) is 0 Å². The van der Waals surface area contributed by atoms with E-state index in [-0.39, 0.29) is 5.91 Å². The van der Waals surface area contributed by atoms with Crippen LogP contribution in [-0.2, 0) is 9.59 Å². The highest BCUT2D eigenvalue weighted by Gasteiger charge is 2.43. The van der Waals surface area contributed by atoms with Crippen molar-refractivity contribution in [1.29, 1.82) is 0 Å². The molecule has 0 radical (unpaired) electrons. The first kappa shape index (κ1) is 16.0. The lowest BCUT2D eigenvalue weighted by Crippen LogP contribution is -2.51. The third kappa shape index (κ3) is 3.26. The van der Waals surface area contributed by atoms with Crippen LogP contribution in [0.25, 0.3) is 0 Å². The fourth-order valence-corrected chi connectivity index (χ4v) is 2.70. The molecule has 0 aliphatic carbocycles. The monoisotopic (exact) mass is 270 g/mol. The van der Waals surface area contributed by atoms with E-state index in [0.717, 1.165) is 6.42 Å². The van der Waals surface area contributed by atoms with Gasteiger partial charge in [-0.05, 0) is 33.1 Å². The zero-order valence-electron chi connectivity index (χ0n) is 12.2. The van der Waals surface area contributed by atoms with Gasteiger partial charge in [0, 0.05) is 19.6 Å². The first-order chi connectivity index (χ1) is 8.79. The molecule has 1 saturated heterocycles. The van der Waals surface area contributed by atoms with Crippen LogP contribution >= 0.6 is 0 Å². The van der Waals surface area contributed by atoms with Crippen molar-refractivity contribution in [1.82, 2.24) is 4.90 Å². The number of hydrogen-bond acceptors (Lipinski definition) is 3. The zero-order valence-corrected chi connectivity index (χ0v) is 12.2. The maximum absolute atomic E-state index is 12.3. The number of rotatable bonds is 5. The van der Waals surface area contributed by atoms with Crippen LogP contribution in [0.5, 0.6) is 0 Å². The van der Waals surface area contributed by atoms with E-state index in [1.54, 1.807) is 4.90 Å². The summed E-state index contributed by atoms with van der Waals surface area (Å²) in [5, 5.41) is 9.43. The molecule has 110 valence electrons. The molecule has 1 rings (SSSR count). The summed E-state index contributed by atoms with van der Waals surface area (Å²) in [5.41, 5.74) is 4.42. The molecule has 0 aromatic carbocycles. The quantitative estimate of drug-likeness (QED) is 0.792. The number of carbonyl (C=O) groups is 2. The first-order valence-electron chi connectivity index (χ1n) is 7.02. The van der Waals surface area contributed by atoms with E-state index in [9.17, 15) is 14.7 Å². The van der Waals surface area contributed by atoms with Gasteiger partial charge < -0.3 is 15.7 Å². The number of amides is 1. The van der Waals surface area contributed by atoms with Crippen LogP contribution < -0.4 is 5.73 Å². The molecular formula is C14H26N2O3. The lowest BCUT2D eigenvalue weighted by atomic mass is 9.74. The van der Waals surface area contributed by atoms with E-state index in [1.165, 1.54) is 0 Å². The van der Waals surface area contributed by atoms with E-state index in [0.29, 0.717) is 38.9 Å². The molecule has 0 aromatic rings. The summed E-state index contributed by atoms with van der Waals surface area (Å²) in [6, 6.07) is 0. The van der Waals surface area contributed by atoms with Crippen molar-refractivity contribution < 1.29 is 14.7 Å². The van der Waals surface area contributed by atoms with Crippen LogP contribution in [0.3, 0.4) is 0 Å². The Kier molecular flexibility index (Phi) is 4.96. The number of nitrogens with two attached hydrogens (primary N) is 1. The van der Waals surface area contributed by atoms with Gasteiger partial charge in [0.25, 0.3) is 0 Å². The second kappa shape index (κ2) is 5.90. The molecular weight excluding hydrogens is 244 g/mol. The van der Waals surface area contributed by atoms with Crippen LogP contribution in [0.1, 0.15) is 46.5 Å². The van der Waals surface area contributed by atoms with E-state index < -0.39 is 16.8 Å². The summed E-state index contributed by atoms with van der Waals surface area (Å²) in [4.78, 5) is 25.5. The summed E-state index contributed by atoms with van der Waals surface area (Å²) in [6.07, 6.45) is 2.63. The van der Waals surface area contributed by atoms with Crippen LogP contribution in [0.2, 0.25) is 0 Å². The summed E-state index contributed by atoms with van der Waals surface area (Å²) >= 11 is 0. The van der Waals surface area contributed by atoms with Gasteiger partial charge in [-0.1, -0.05) is 13.3 Å². The number of piperidine rings is 1. The maximum atomic E-state index is 12.3. The lowest BCUT2D eigenvalue weighted by molar-refractivity contribution is -0.156. The van der Waals surface area contributed by atoms with Crippen LogP contribution in [0.15, 0.2) is 0 Å². The molecule has 1 aliphatic heterocycles. The molecule has 3 N–H and O–H groups in total. The molecule has 0 spiro atoms. The predicted octanol–water partition coefficient (Wildman–Crippen LogP) is 1.46. The summed E-state index contributed by atoms with van der Waals surface area (Å²) in [5.74, 6) is -0.690. The molecule has 0 unspecified atom stereocenters. The smallest absolute Gasteiger partial charge is 0.309 e. The Labute approximate surface area is 115 Å². The molecule has 0 aromatic heterocycles. The van der Waals surface area contributed by atoms with Gasteiger partial charge in [-0.3, -0.25) is 9.59 Å². The minimum absolute atomic E-state index is 0.0329. The van der Waals surface area contributed by atoms with Gasteiger partial charge in [-0.25, -0.2) is 0 Å². The minimum Gasteiger partial charge on any atom is -0.481 e. The van der Waals surface area contributed by atoms with Crippen molar-refractivity contribution in [2.45, 2.75) is 46.5 Å². The van der Waals surface area contributed by atoms with Crippen LogP contribution in [0, 0.1) is 10.8 Å². The Hall–Kier alpha value is -1.10. The predicted molar refractivity (Wildman–Crippen MR) is 73.6 cm³/mol.